The number of aryl methyl sites for hydroxylation is 1. The number of piperidine rings is 1. The van der Waals surface area contributed by atoms with Crippen LogP contribution in [0, 0.1) is 6.92 Å². The number of likely N-dealkylation sites (N-methyl/N-ethyl adjacent to an activating group) is 1. The average molecular weight is 356 g/mol. The fourth-order valence-corrected chi connectivity index (χ4v) is 6.22. The Kier molecular flexibility index (Phi) is 2.96. The molecule has 3 heteroatoms. The van der Waals surface area contributed by atoms with Crippen molar-refractivity contribution in [3.63, 3.8) is 0 Å². The number of hydrogen-bond acceptors (Lipinski definition) is 2. The third-order valence-electron chi connectivity index (χ3n) is 7.29. The number of carbonyl (C=O) groups excluding carboxylic acids is 1. The summed E-state index contributed by atoms with van der Waals surface area (Å²) in [4.78, 5) is 16.3. The van der Waals surface area contributed by atoms with Crippen molar-refractivity contribution in [3.8, 4) is 0 Å². The number of nitrogens with zero attached hydrogens (tertiary/aromatic N) is 2. The Labute approximate surface area is 159 Å². The normalized spacial score (nSPS) is 29.3. The predicted octanol–water partition coefficient (Wildman–Crippen LogP) is 4.80. The van der Waals surface area contributed by atoms with Crippen molar-refractivity contribution in [2.75, 3.05) is 13.6 Å². The van der Waals surface area contributed by atoms with Gasteiger partial charge in [-0.3, -0.25) is 14.3 Å². The molecule has 0 radical (unpaired) electrons. The van der Waals surface area contributed by atoms with Crippen molar-refractivity contribution in [3.05, 3.63) is 70.9 Å². The molecule has 2 aromatic carbocycles. The Morgan fingerprint density at radius 3 is 2.70 bits per heavy atom. The van der Waals surface area contributed by atoms with Crippen molar-refractivity contribution in [1.82, 2.24) is 9.47 Å². The summed E-state index contributed by atoms with van der Waals surface area (Å²) in [6, 6.07) is 17.5. The monoisotopic (exact) mass is 356 g/mol. The molecule has 4 aliphatic rings. The number of carbonyl (C=O) groups is 1. The summed E-state index contributed by atoms with van der Waals surface area (Å²) in [6.45, 7) is 3.22. The largest absolute Gasteiger partial charge is 0.298 e. The van der Waals surface area contributed by atoms with Crippen molar-refractivity contribution >= 4 is 16.8 Å². The van der Waals surface area contributed by atoms with Crippen LogP contribution in [0.15, 0.2) is 48.5 Å². The first kappa shape index (κ1) is 15.6. The Morgan fingerprint density at radius 1 is 1.11 bits per heavy atom. The zero-order valence-corrected chi connectivity index (χ0v) is 15.9. The number of rotatable bonds is 1. The summed E-state index contributed by atoms with van der Waals surface area (Å²) in [6.07, 6.45) is 3.34. The molecule has 0 saturated carbocycles. The zero-order chi connectivity index (χ0) is 18.3. The van der Waals surface area contributed by atoms with Gasteiger partial charge in [0.25, 0.3) is 0 Å². The van der Waals surface area contributed by atoms with E-state index in [1.807, 2.05) is 6.07 Å². The molecule has 3 aromatic rings. The van der Waals surface area contributed by atoms with E-state index in [9.17, 15) is 4.79 Å². The van der Waals surface area contributed by atoms with Gasteiger partial charge in [0.05, 0.1) is 11.4 Å². The first-order valence-electron chi connectivity index (χ1n) is 10.0. The standard InChI is InChI=1S/C24H24N2O/c1-15-8-9-19-17(12-15)21-20-10-11-24(14-25(20)2)13-18(16-6-4-3-5-7-16)23(27)26(19)22(21)24/h3-9,12,18,20H,10-11,13-14H2,1-2H3. The van der Waals surface area contributed by atoms with Crippen LogP contribution in [0.4, 0.5) is 0 Å². The van der Waals surface area contributed by atoms with Gasteiger partial charge in [0.2, 0.25) is 5.91 Å². The molecule has 7 rings (SSSR count). The molecule has 2 bridgehead atoms. The van der Waals surface area contributed by atoms with Crippen LogP contribution >= 0.6 is 0 Å². The van der Waals surface area contributed by atoms with Gasteiger partial charge in [0, 0.05) is 29.1 Å². The van der Waals surface area contributed by atoms with Gasteiger partial charge >= 0.3 is 0 Å². The molecule has 0 amide bonds. The molecule has 1 saturated heterocycles. The van der Waals surface area contributed by atoms with E-state index in [0.29, 0.717) is 6.04 Å². The molecule has 1 aromatic heterocycles. The second-order valence-electron chi connectivity index (χ2n) is 8.87. The maximum atomic E-state index is 13.7. The SMILES string of the molecule is Cc1ccc2c(c1)c1c3n2C(=O)C(c2ccccc2)CC32CCC1N(C)C2. The second-order valence-corrected chi connectivity index (χ2v) is 8.87. The summed E-state index contributed by atoms with van der Waals surface area (Å²) in [5.74, 6) is 0.212. The van der Waals surface area contributed by atoms with Gasteiger partial charge in [-0.25, -0.2) is 0 Å². The van der Waals surface area contributed by atoms with Crippen LogP contribution in [0.5, 0.6) is 0 Å². The molecule has 3 unspecified atom stereocenters. The van der Waals surface area contributed by atoms with E-state index >= 15 is 0 Å². The zero-order valence-electron chi connectivity index (χ0n) is 15.9. The molecule has 0 N–H and O–H groups in total. The van der Waals surface area contributed by atoms with Crippen LogP contribution in [-0.4, -0.2) is 29.0 Å². The minimum Gasteiger partial charge on any atom is -0.298 e. The van der Waals surface area contributed by atoms with Crippen LogP contribution in [-0.2, 0) is 5.41 Å². The fourth-order valence-electron chi connectivity index (χ4n) is 6.22. The van der Waals surface area contributed by atoms with Crippen LogP contribution in [0.2, 0.25) is 0 Å². The average Bonchev–Trinajstić information content (AvgIpc) is 3.02. The van der Waals surface area contributed by atoms with Crippen LogP contribution in [0.25, 0.3) is 10.9 Å². The Balaban J connectivity index is 1.69. The lowest BCUT2D eigenvalue weighted by atomic mass is 9.61. The second kappa shape index (κ2) is 5.11. The van der Waals surface area contributed by atoms with E-state index < -0.39 is 0 Å². The van der Waals surface area contributed by atoms with Gasteiger partial charge in [-0.2, -0.15) is 0 Å². The highest BCUT2D eigenvalue weighted by atomic mass is 16.2. The molecule has 136 valence electrons. The summed E-state index contributed by atoms with van der Waals surface area (Å²) in [5, 5.41) is 1.30. The first-order valence-corrected chi connectivity index (χ1v) is 10.0. The topological polar surface area (TPSA) is 25.2 Å². The molecule has 27 heavy (non-hydrogen) atoms. The summed E-state index contributed by atoms with van der Waals surface area (Å²) in [5.41, 5.74) is 6.42. The van der Waals surface area contributed by atoms with Crippen molar-refractivity contribution in [1.29, 1.82) is 0 Å². The van der Waals surface area contributed by atoms with E-state index in [1.165, 1.54) is 35.0 Å². The molecule has 4 heterocycles. The number of fused-ring (bicyclic) bond motifs is 4. The summed E-state index contributed by atoms with van der Waals surface area (Å²) in [7, 11) is 2.27. The van der Waals surface area contributed by atoms with Gasteiger partial charge in [-0.1, -0.05) is 42.0 Å². The van der Waals surface area contributed by atoms with Gasteiger partial charge in [0.15, 0.2) is 0 Å². The van der Waals surface area contributed by atoms with Crippen molar-refractivity contribution < 1.29 is 4.79 Å². The highest BCUT2D eigenvalue weighted by molar-refractivity contribution is 6.01. The maximum absolute atomic E-state index is 13.7. The third-order valence-corrected chi connectivity index (χ3v) is 7.29. The third kappa shape index (κ3) is 1.88. The van der Waals surface area contributed by atoms with Gasteiger partial charge in [-0.15, -0.1) is 0 Å². The first-order chi connectivity index (χ1) is 13.1. The summed E-state index contributed by atoms with van der Waals surface area (Å²) >= 11 is 0. The van der Waals surface area contributed by atoms with E-state index in [1.54, 1.807) is 0 Å². The van der Waals surface area contributed by atoms with E-state index in [2.05, 4.69) is 65.9 Å². The number of benzene rings is 2. The lowest BCUT2D eigenvalue weighted by molar-refractivity contribution is 0.0512. The summed E-state index contributed by atoms with van der Waals surface area (Å²) < 4.78 is 2.12. The Hall–Kier alpha value is -2.39. The lowest BCUT2D eigenvalue weighted by Gasteiger charge is -2.54. The quantitative estimate of drug-likeness (QED) is 0.626. The number of aromatic nitrogens is 1. The molecule has 1 aliphatic carbocycles. The van der Waals surface area contributed by atoms with E-state index in [4.69, 9.17) is 0 Å². The molecule has 3 atom stereocenters. The molecular weight excluding hydrogens is 332 g/mol. The van der Waals surface area contributed by atoms with Crippen molar-refractivity contribution in [2.24, 2.45) is 0 Å². The molecule has 1 fully saturated rings. The number of hydrogen-bond donors (Lipinski definition) is 0. The van der Waals surface area contributed by atoms with Gasteiger partial charge in [-0.05, 0) is 56.5 Å². The smallest absolute Gasteiger partial charge is 0.238 e. The van der Waals surface area contributed by atoms with Gasteiger partial charge < -0.3 is 0 Å². The van der Waals surface area contributed by atoms with E-state index in [-0.39, 0.29) is 17.2 Å². The maximum Gasteiger partial charge on any atom is 0.238 e. The molecule has 1 spiro atoms. The fraction of sp³-hybridized carbons (Fsp3) is 0.375. The van der Waals surface area contributed by atoms with Crippen molar-refractivity contribution in [2.45, 2.75) is 43.6 Å². The molecule has 3 aliphatic heterocycles. The highest BCUT2D eigenvalue weighted by Gasteiger charge is 2.55. The van der Waals surface area contributed by atoms with Crippen LogP contribution in [0.3, 0.4) is 0 Å². The minimum absolute atomic E-state index is 0.0495. The van der Waals surface area contributed by atoms with Crippen LogP contribution in [0.1, 0.15) is 58.4 Å². The van der Waals surface area contributed by atoms with Crippen LogP contribution < -0.4 is 0 Å². The Bertz CT molecular complexity index is 1100. The lowest BCUT2D eigenvalue weighted by Crippen LogP contribution is -2.55. The predicted molar refractivity (Wildman–Crippen MR) is 107 cm³/mol. The molecule has 3 nitrogen and oxygen atoms in total. The van der Waals surface area contributed by atoms with E-state index in [0.717, 1.165) is 24.0 Å². The Morgan fingerprint density at radius 2 is 1.93 bits per heavy atom. The highest BCUT2D eigenvalue weighted by Crippen LogP contribution is 2.58. The van der Waals surface area contributed by atoms with Gasteiger partial charge in [0.1, 0.15) is 0 Å². The molecular formula is C24H24N2O. The minimum atomic E-state index is -0.0495.